The predicted octanol–water partition coefficient (Wildman–Crippen LogP) is 4.69. The van der Waals surface area contributed by atoms with Crippen LogP contribution in [0.15, 0.2) is 83.8 Å². The summed E-state index contributed by atoms with van der Waals surface area (Å²) >= 11 is 0. The van der Waals surface area contributed by atoms with E-state index in [9.17, 15) is 27.5 Å². The van der Waals surface area contributed by atoms with Crippen LogP contribution < -0.4 is 9.64 Å². The Morgan fingerprint density at radius 3 is 2.40 bits per heavy atom. The molecule has 4 rings (SSSR count). The summed E-state index contributed by atoms with van der Waals surface area (Å²) in [6.07, 6.45) is -2.97. The first-order valence-electron chi connectivity index (χ1n) is 14.1. The molecule has 1 aliphatic heterocycles. The number of sulfonamides is 1. The van der Waals surface area contributed by atoms with E-state index in [1.54, 1.807) is 18.2 Å². The second-order valence-corrected chi connectivity index (χ2v) is 13.0. The molecule has 0 bridgehead atoms. The first-order chi connectivity index (χ1) is 20.5. The molecule has 0 spiro atoms. The van der Waals surface area contributed by atoms with Crippen LogP contribution in [0.25, 0.3) is 0 Å². The molecule has 1 fully saturated rings. The predicted molar refractivity (Wildman–Crippen MR) is 160 cm³/mol. The molecule has 1 saturated heterocycles. The highest BCUT2D eigenvalue weighted by molar-refractivity contribution is 7.89. The normalized spacial score (nSPS) is 16.8. The SMILES string of the molecule is COc1ccc(S(=O)(=O)N(CC(C)C)C[C@@H](O)[C@@H](CC(=O)[C@@H]2CN(c3cccc(F)c3)C(=O)O2)Cc2ccccc2)cc1. The molecule has 1 aliphatic rings. The largest absolute Gasteiger partial charge is 0.497 e. The molecule has 3 aromatic carbocycles. The van der Waals surface area contributed by atoms with E-state index in [4.69, 9.17) is 9.47 Å². The number of benzene rings is 3. The van der Waals surface area contributed by atoms with Gasteiger partial charge >= 0.3 is 6.09 Å². The molecule has 3 aromatic rings. The molecule has 0 unspecified atom stereocenters. The van der Waals surface area contributed by atoms with Crippen LogP contribution in [0.4, 0.5) is 14.9 Å². The fourth-order valence-corrected chi connectivity index (χ4v) is 6.69. The second kappa shape index (κ2) is 14.1. The van der Waals surface area contributed by atoms with Crippen molar-refractivity contribution in [1.29, 1.82) is 0 Å². The highest BCUT2D eigenvalue weighted by Crippen LogP contribution is 2.27. The highest BCUT2D eigenvalue weighted by Gasteiger charge is 2.39. The van der Waals surface area contributed by atoms with Crippen molar-refractivity contribution in [3.8, 4) is 5.75 Å². The molecule has 1 amide bonds. The molecule has 43 heavy (non-hydrogen) atoms. The number of hydrogen-bond acceptors (Lipinski definition) is 7. The minimum atomic E-state index is -3.99. The maximum atomic E-state index is 13.8. The van der Waals surface area contributed by atoms with Gasteiger partial charge in [0.25, 0.3) is 0 Å². The van der Waals surface area contributed by atoms with E-state index in [-0.39, 0.29) is 42.6 Å². The topological polar surface area (TPSA) is 113 Å². The number of aliphatic hydroxyl groups excluding tert-OH is 1. The van der Waals surface area contributed by atoms with E-state index in [1.165, 1.54) is 46.6 Å². The number of ketones is 1. The summed E-state index contributed by atoms with van der Waals surface area (Å²) in [7, 11) is -2.50. The Balaban J connectivity index is 1.55. The number of Topliss-reactive ketones (excluding diaryl/α,β-unsaturated/α-hetero) is 1. The monoisotopic (exact) mass is 612 g/mol. The molecule has 11 heteroatoms. The minimum Gasteiger partial charge on any atom is -0.497 e. The Bertz CT molecular complexity index is 1500. The fourth-order valence-electron chi connectivity index (χ4n) is 5.07. The smallest absolute Gasteiger partial charge is 0.415 e. The Morgan fingerprint density at radius 1 is 1.07 bits per heavy atom. The number of carbonyl (C=O) groups is 2. The lowest BCUT2D eigenvalue weighted by molar-refractivity contribution is -0.127. The van der Waals surface area contributed by atoms with Crippen molar-refractivity contribution in [2.24, 2.45) is 11.8 Å². The summed E-state index contributed by atoms with van der Waals surface area (Å²) in [4.78, 5) is 27.2. The molecule has 1 heterocycles. The van der Waals surface area contributed by atoms with Gasteiger partial charge in [-0.25, -0.2) is 17.6 Å². The van der Waals surface area contributed by atoms with Gasteiger partial charge in [0.05, 0.1) is 30.3 Å². The van der Waals surface area contributed by atoms with Crippen LogP contribution in [0.5, 0.6) is 5.75 Å². The third kappa shape index (κ3) is 8.19. The van der Waals surface area contributed by atoms with Crippen LogP contribution in [0.1, 0.15) is 25.8 Å². The van der Waals surface area contributed by atoms with Crippen LogP contribution in [0.2, 0.25) is 0 Å². The number of amides is 1. The molecular formula is C32H37FN2O7S. The van der Waals surface area contributed by atoms with Gasteiger partial charge in [-0.2, -0.15) is 4.31 Å². The van der Waals surface area contributed by atoms with Gasteiger partial charge in [-0.1, -0.05) is 50.2 Å². The van der Waals surface area contributed by atoms with Crippen LogP contribution in [-0.4, -0.2) is 68.7 Å². The molecule has 3 atom stereocenters. The van der Waals surface area contributed by atoms with Gasteiger partial charge in [-0.3, -0.25) is 9.69 Å². The zero-order valence-corrected chi connectivity index (χ0v) is 25.2. The first kappa shape index (κ1) is 32.1. The number of carbonyl (C=O) groups excluding carboxylic acids is 2. The molecule has 0 aliphatic carbocycles. The van der Waals surface area contributed by atoms with Gasteiger partial charge in [0, 0.05) is 19.5 Å². The zero-order valence-electron chi connectivity index (χ0n) is 24.4. The van der Waals surface area contributed by atoms with Crippen LogP contribution in [0.3, 0.4) is 0 Å². The first-order valence-corrected chi connectivity index (χ1v) is 15.5. The molecule has 0 aromatic heterocycles. The molecule has 1 N–H and O–H groups in total. The standard InChI is InChI=1S/C32H37FN2O7S/c1-22(2)19-34(43(39,40)28-14-12-27(41-3)13-15-28)20-30(37)24(16-23-8-5-4-6-9-23)17-29(36)31-21-35(32(38)42-31)26-11-7-10-25(33)18-26/h4-15,18,22,24,30-31,37H,16-17,19-21H2,1-3H3/t24-,30-,31+/m1/s1. The summed E-state index contributed by atoms with van der Waals surface area (Å²) in [5.41, 5.74) is 1.13. The fraction of sp³-hybridized carbons (Fsp3) is 0.375. The van der Waals surface area contributed by atoms with Gasteiger partial charge in [0.2, 0.25) is 10.0 Å². The molecule has 230 valence electrons. The molecule has 9 nitrogen and oxygen atoms in total. The van der Waals surface area contributed by atoms with E-state index in [2.05, 4.69) is 0 Å². The number of anilines is 1. The highest BCUT2D eigenvalue weighted by atomic mass is 32.2. The summed E-state index contributed by atoms with van der Waals surface area (Å²) in [6, 6.07) is 20.7. The average molecular weight is 613 g/mol. The number of halogens is 1. The number of aliphatic hydroxyl groups is 1. The summed E-state index contributed by atoms with van der Waals surface area (Å²) in [5.74, 6) is -1.15. The number of methoxy groups -OCH3 is 1. The Hall–Kier alpha value is -3.80. The lowest BCUT2D eigenvalue weighted by Crippen LogP contribution is -2.43. The Kier molecular flexibility index (Phi) is 10.5. The summed E-state index contributed by atoms with van der Waals surface area (Å²) < 4.78 is 52.8. The van der Waals surface area contributed by atoms with Crippen molar-refractivity contribution < 1.29 is 37.0 Å². The lowest BCUT2D eigenvalue weighted by atomic mass is 9.88. The van der Waals surface area contributed by atoms with Gasteiger partial charge in [-0.05, 0) is 66.3 Å². The van der Waals surface area contributed by atoms with Crippen molar-refractivity contribution in [2.75, 3.05) is 31.6 Å². The third-order valence-corrected chi connectivity index (χ3v) is 9.14. The maximum Gasteiger partial charge on any atom is 0.415 e. The lowest BCUT2D eigenvalue weighted by Gasteiger charge is -2.30. The Labute approximate surface area is 251 Å². The van der Waals surface area contributed by atoms with Gasteiger partial charge < -0.3 is 14.6 Å². The van der Waals surface area contributed by atoms with Gasteiger partial charge in [-0.15, -0.1) is 0 Å². The summed E-state index contributed by atoms with van der Waals surface area (Å²) in [5, 5.41) is 11.5. The van der Waals surface area contributed by atoms with Crippen molar-refractivity contribution in [1.82, 2.24) is 4.31 Å². The maximum absolute atomic E-state index is 13.8. The number of cyclic esters (lactones) is 1. The van der Waals surface area contributed by atoms with Gasteiger partial charge in [0.15, 0.2) is 11.9 Å². The number of nitrogens with zero attached hydrogens (tertiary/aromatic N) is 2. The number of ether oxygens (including phenoxy) is 2. The van der Waals surface area contributed by atoms with Crippen LogP contribution in [-0.2, 0) is 26.0 Å². The van der Waals surface area contributed by atoms with Crippen molar-refractivity contribution >= 4 is 27.6 Å². The average Bonchev–Trinajstić information content (AvgIpc) is 3.38. The molecule has 0 radical (unpaired) electrons. The van der Waals surface area contributed by atoms with Gasteiger partial charge in [0.1, 0.15) is 11.6 Å². The van der Waals surface area contributed by atoms with Crippen molar-refractivity contribution in [3.05, 3.63) is 90.2 Å². The zero-order chi connectivity index (χ0) is 31.1. The van der Waals surface area contributed by atoms with E-state index >= 15 is 0 Å². The van der Waals surface area contributed by atoms with E-state index in [0.29, 0.717) is 12.2 Å². The van der Waals surface area contributed by atoms with E-state index in [0.717, 1.165) is 5.56 Å². The number of rotatable bonds is 14. The minimum absolute atomic E-state index is 0.0406. The van der Waals surface area contributed by atoms with Crippen molar-refractivity contribution in [2.45, 2.75) is 43.8 Å². The second-order valence-electron chi connectivity index (χ2n) is 11.0. The Morgan fingerprint density at radius 2 is 1.77 bits per heavy atom. The van der Waals surface area contributed by atoms with Crippen LogP contribution in [0, 0.1) is 17.7 Å². The van der Waals surface area contributed by atoms with E-state index < -0.39 is 45.8 Å². The third-order valence-electron chi connectivity index (χ3n) is 7.30. The molecular weight excluding hydrogens is 575 g/mol. The number of hydrogen-bond donors (Lipinski definition) is 1. The quantitative estimate of drug-likeness (QED) is 0.281. The summed E-state index contributed by atoms with van der Waals surface area (Å²) in [6.45, 7) is 3.58. The molecule has 0 saturated carbocycles. The van der Waals surface area contributed by atoms with E-state index in [1.807, 2.05) is 44.2 Å². The van der Waals surface area contributed by atoms with Crippen molar-refractivity contribution in [3.63, 3.8) is 0 Å². The van der Waals surface area contributed by atoms with Crippen LogP contribution >= 0.6 is 0 Å².